The molecule has 2 aliphatic rings. The van der Waals surface area contributed by atoms with E-state index in [9.17, 15) is 9.59 Å². The Hall–Kier alpha value is -1.40. The molecular formula is C16H22N2O3S. The smallest absolute Gasteiger partial charge is 0.220 e. The number of amides is 2. The molecule has 0 spiro atoms. The number of hydrogen-bond acceptors (Lipinski definition) is 4. The third-order valence-electron chi connectivity index (χ3n) is 4.49. The second kappa shape index (κ2) is 6.79. The quantitative estimate of drug-likeness (QED) is 0.833. The minimum absolute atomic E-state index is 0.0191. The van der Waals surface area contributed by atoms with Crippen LogP contribution in [0.15, 0.2) is 17.5 Å². The lowest BCUT2D eigenvalue weighted by atomic mass is 9.71. The molecule has 1 aromatic rings. The van der Waals surface area contributed by atoms with Crippen molar-refractivity contribution in [1.82, 2.24) is 10.6 Å². The van der Waals surface area contributed by atoms with Gasteiger partial charge in [-0.3, -0.25) is 9.59 Å². The maximum Gasteiger partial charge on any atom is 0.220 e. The molecule has 5 nitrogen and oxygen atoms in total. The summed E-state index contributed by atoms with van der Waals surface area (Å²) >= 11 is 1.73. The van der Waals surface area contributed by atoms with Crippen molar-refractivity contribution in [2.45, 2.75) is 50.8 Å². The predicted octanol–water partition coefficient (Wildman–Crippen LogP) is 1.48. The van der Waals surface area contributed by atoms with Gasteiger partial charge in [-0.05, 0) is 30.7 Å². The predicted molar refractivity (Wildman–Crippen MR) is 84.6 cm³/mol. The lowest BCUT2D eigenvalue weighted by molar-refractivity contribution is -0.130. The van der Waals surface area contributed by atoms with Crippen molar-refractivity contribution >= 4 is 23.2 Å². The largest absolute Gasteiger partial charge is 0.376 e. The average Bonchev–Trinajstić information content (AvgIpc) is 3.12. The van der Waals surface area contributed by atoms with Gasteiger partial charge in [-0.15, -0.1) is 11.3 Å². The van der Waals surface area contributed by atoms with E-state index in [4.69, 9.17) is 4.74 Å². The van der Waals surface area contributed by atoms with Gasteiger partial charge in [0, 0.05) is 30.7 Å². The van der Waals surface area contributed by atoms with Crippen LogP contribution in [0.5, 0.6) is 0 Å². The van der Waals surface area contributed by atoms with Crippen LogP contribution in [0.1, 0.15) is 31.1 Å². The highest BCUT2D eigenvalue weighted by Crippen LogP contribution is 2.39. The van der Waals surface area contributed by atoms with Crippen LogP contribution in [0.4, 0.5) is 0 Å². The Morgan fingerprint density at radius 1 is 1.36 bits per heavy atom. The third kappa shape index (κ3) is 3.33. The van der Waals surface area contributed by atoms with Crippen molar-refractivity contribution in [3.8, 4) is 0 Å². The van der Waals surface area contributed by atoms with E-state index < -0.39 is 0 Å². The Morgan fingerprint density at radius 2 is 2.23 bits per heavy atom. The van der Waals surface area contributed by atoms with Crippen molar-refractivity contribution in [1.29, 1.82) is 0 Å². The first kappa shape index (κ1) is 15.5. The molecule has 22 heavy (non-hydrogen) atoms. The van der Waals surface area contributed by atoms with Gasteiger partial charge in [0.1, 0.15) is 0 Å². The van der Waals surface area contributed by atoms with E-state index in [1.165, 1.54) is 11.8 Å². The Labute approximate surface area is 134 Å². The summed E-state index contributed by atoms with van der Waals surface area (Å²) in [6.45, 7) is 2.22. The maximum atomic E-state index is 12.1. The Kier molecular flexibility index (Phi) is 4.78. The van der Waals surface area contributed by atoms with E-state index in [1.54, 1.807) is 11.3 Å². The van der Waals surface area contributed by atoms with E-state index in [2.05, 4.69) is 22.1 Å². The summed E-state index contributed by atoms with van der Waals surface area (Å²) in [6, 6.07) is 4.07. The van der Waals surface area contributed by atoms with Crippen molar-refractivity contribution in [2.75, 3.05) is 6.61 Å². The third-order valence-corrected chi connectivity index (χ3v) is 5.43. The molecule has 2 fully saturated rings. The van der Waals surface area contributed by atoms with Crippen LogP contribution < -0.4 is 10.6 Å². The van der Waals surface area contributed by atoms with Crippen LogP contribution in [0.25, 0.3) is 0 Å². The number of aryl methyl sites for hydroxylation is 1. The van der Waals surface area contributed by atoms with Gasteiger partial charge in [0.2, 0.25) is 11.8 Å². The van der Waals surface area contributed by atoms with Crippen LogP contribution in [0.2, 0.25) is 0 Å². The molecule has 0 unspecified atom stereocenters. The molecule has 1 aromatic heterocycles. The summed E-state index contributed by atoms with van der Waals surface area (Å²) in [7, 11) is 0. The zero-order chi connectivity index (χ0) is 15.5. The molecule has 2 N–H and O–H groups in total. The first-order valence-corrected chi connectivity index (χ1v) is 8.73. The molecule has 0 bridgehead atoms. The van der Waals surface area contributed by atoms with Crippen LogP contribution >= 0.6 is 11.3 Å². The molecule has 120 valence electrons. The standard InChI is InChI=1S/C16H22N2O3S/c1-10(19)17-15-14(12-7-8-21-16(12)15)18-13(20)6-2-4-11-5-3-9-22-11/h3,5,9,12,14-16H,2,4,6-8H2,1H3,(H,17,19)(H,18,20)/t12-,14+,15-,16-/m0/s1. The first-order chi connectivity index (χ1) is 10.6. The SMILES string of the molecule is CC(=O)N[C@H]1[C@H](NC(=O)CCCc2cccs2)[C@@H]2CCO[C@@H]21. The lowest BCUT2D eigenvalue weighted by Gasteiger charge is -2.47. The number of rotatable bonds is 6. The van der Waals surface area contributed by atoms with Gasteiger partial charge in [-0.25, -0.2) is 0 Å². The fraction of sp³-hybridized carbons (Fsp3) is 0.625. The number of carbonyl (C=O) groups excluding carboxylic acids is 2. The molecule has 1 aliphatic heterocycles. The summed E-state index contributed by atoms with van der Waals surface area (Å²) in [6.07, 6.45) is 3.36. The number of hydrogen-bond donors (Lipinski definition) is 2. The molecule has 4 atom stereocenters. The molecule has 6 heteroatoms. The fourth-order valence-corrected chi connectivity index (χ4v) is 4.20. The normalized spacial score (nSPS) is 29.5. The second-order valence-corrected chi connectivity index (χ2v) is 7.07. The fourth-order valence-electron chi connectivity index (χ4n) is 3.45. The highest BCUT2D eigenvalue weighted by Gasteiger charge is 2.54. The minimum Gasteiger partial charge on any atom is -0.376 e. The molecule has 1 saturated carbocycles. The van der Waals surface area contributed by atoms with E-state index in [0.29, 0.717) is 12.3 Å². The molecule has 2 heterocycles. The minimum atomic E-state index is -0.0776. The molecule has 0 aromatic carbocycles. The Bertz CT molecular complexity index is 532. The van der Waals surface area contributed by atoms with Gasteiger partial charge in [0.25, 0.3) is 0 Å². The van der Waals surface area contributed by atoms with E-state index >= 15 is 0 Å². The van der Waals surface area contributed by atoms with Gasteiger partial charge in [0.05, 0.1) is 18.2 Å². The summed E-state index contributed by atoms with van der Waals surface area (Å²) in [5.74, 6) is 0.344. The summed E-state index contributed by atoms with van der Waals surface area (Å²) in [4.78, 5) is 24.7. The highest BCUT2D eigenvalue weighted by molar-refractivity contribution is 7.09. The average molecular weight is 322 g/mol. The molecule has 0 radical (unpaired) electrons. The molecule has 3 rings (SSSR count). The molecule has 1 aliphatic carbocycles. The number of carbonyl (C=O) groups is 2. The van der Waals surface area contributed by atoms with Gasteiger partial charge in [-0.1, -0.05) is 6.07 Å². The van der Waals surface area contributed by atoms with Crippen molar-refractivity contribution in [2.24, 2.45) is 5.92 Å². The molecule has 2 amide bonds. The van der Waals surface area contributed by atoms with Gasteiger partial charge in [-0.2, -0.15) is 0 Å². The van der Waals surface area contributed by atoms with E-state index in [0.717, 1.165) is 25.9 Å². The zero-order valence-electron chi connectivity index (χ0n) is 12.7. The monoisotopic (exact) mass is 322 g/mol. The first-order valence-electron chi connectivity index (χ1n) is 7.85. The van der Waals surface area contributed by atoms with E-state index in [1.807, 2.05) is 6.07 Å². The Morgan fingerprint density at radius 3 is 2.95 bits per heavy atom. The van der Waals surface area contributed by atoms with Gasteiger partial charge in [0.15, 0.2) is 0 Å². The van der Waals surface area contributed by atoms with Crippen molar-refractivity contribution in [3.63, 3.8) is 0 Å². The number of thiophene rings is 1. The number of fused-ring (bicyclic) bond motifs is 1. The maximum absolute atomic E-state index is 12.1. The van der Waals surface area contributed by atoms with Gasteiger partial charge >= 0.3 is 0 Å². The summed E-state index contributed by atoms with van der Waals surface area (Å²) in [5.41, 5.74) is 0. The second-order valence-electron chi connectivity index (χ2n) is 6.04. The lowest BCUT2D eigenvalue weighted by Crippen LogP contribution is -2.70. The molecule has 1 saturated heterocycles. The highest BCUT2D eigenvalue weighted by atomic mass is 32.1. The van der Waals surface area contributed by atoms with Crippen LogP contribution in [-0.4, -0.2) is 36.6 Å². The topological polar surface area (TPSA) is 67.4 Å². The summed E-state index contributed by atoms with van der Waals surface area (Å²) < 4.78 is 5.64. The van der Waals surface area contributed by atoms with Gasteiger partial charge < -0.3 is 15.4 Å². The van der Waals surface area contributed by atoms with Crippen LogP contribution in [-0.2, 0) is 20.7 Å². The number of nitrogens with one attached hydrogen (secondary N) is 2. The van der Waals surface area contributed by atoms with E-state index in [-0.39, 0.29) is 30.0 Å². The van der Waals surface area contributed by atoms with Crippen molar-refractivity contribution in [3.05, 3.63) is 22.4 Å². The zero-order valence-corrected chi connectivity index (χ0v) is 13.5. The molecular weight excluding hydrogens is 300 g/mol. The van der Waals surface area contributed by atoms with Crippen molar-refractivity contribution < 1.29 is 14.3 Å². The number of ether oxygens (including phenoxy) is 1. The van der Waals surface area contributed by atoms with Crippen LogP contribution in [0, 0.1) is 5.92 Å². The Balaban J connectivity index is 1.46. The summed E-state index contributed by atoms with van der Waals surface area (Å²) in [5, 5.41) is 8.06. The van der Waals surface area contributed by atoms with Crippen LogP contribution in [0.3, 0.4) is 0 Å².